The van der Waals surface area contributed by atoms with E-state index in [9.17, 15) is 9.59 Å². The molecule has 1 aromatic heterocycles. The first-order valence-electron chi connectivity index (χ1n) is 14.6. The van der Waals surface area contributed by atoms with Crippen LogP contribution in [-0.4, -0.2) is 28.5 Å². The summed E-state index contributed by atoms with van der Waals surface area (Å²) in [5.41, 5.74) is 5.75. The Morgan fingerprint density at radius 2 is 1.72 bits per heavy atom. The van der Waals surface area contributed by atoms with Gasteiger partial charge >= 0.3 is 5.97 Å². The lowest BCUT2D eigenvalue weighted by Gasteiger charge is -2.57. The van der Waals surface area contributed by atoms with Crippen molar-refractivity contribution in [3.63, 3.8) is 0 Å². The Morgan fingerprint density at radius 1 is 1.03 bits per heavy atom. The zero-order chi connectivity index (χ0) is 27.1. The standard InChI is InChI=1S/C33H39N3O3/c1-4-39-32(38)25-11-20(2)12-26(16-25)34-31(37)29-28(35-30(36-29)27-8-6-5-7-21(27)3)9-10-33-17-22-13-23(18-33)15-24(14-22)19-33/h5-8,11-12,16,22-24H,4,9-10,13-15,17-19H2,1-3H3,(H,34,37)(H,35,36). The Kier molecular flexibility index (Phi) is 6.82. The van der Waals surface area contributed by atoms with E-state index < -0.39 is 5.97 Å². The summed E-state index contributed by atoms with van der Waals surface area (Å²) in [5.74, 6) is 2.78. The minimum Gasteiger partial charge on any atom is -0.462 e. The van der Waals surface area contributed by atoms with Crippen LogP contribution in [0.25, 0.3) is 11.4 Å². The van der Waals surface area contributed by atoms with Crippen LogP contribution in [0.2, 0.25) is 0 Å². The van der Waals surface area contributed by atoms with E-state index in [-0.39, 0.29) is 5.91 Å². The van der Waals surface area contributed by atoms with Crippen LogP contribution in [0.1, 0.15) is 89.5 Å². The van der Waals surface area contributed by atoms with E-state index in [0.29, 0.717) is 29.0 Å². The monoisotopic (exact) mass is 525 g/mol. The summed E-state index contributed by atoms with van der Waals surface area (Å²) in [6.45, 7) is 6.05. The molecule has 0 radical (unpaired) electrons. The fourth-order valence-electron chi connectivity index (χ4n) is 8.11. The molecule has 204 valence electrons. The summed E-state index contributed by atoms with van der Waals surface area (Å²) in [5, 5.41) is 3.02. The predicted molar refractivity (Wildman–Crippen MR) is 153 cm³/mol. The topological polar surface area (TPSA) is 84.1 Å². The number of amides is 1. The van der Waals surface area contributed by atoms with Crippen molar-refractivity contribution >= 4 is 17.6 Å². The highest BCUT2D eigenvalue weighted by Gasteiger charge is 2.50. The van der Waals surface area contributed by atoms with E-state index in [1.807, 2.05) is 31.2 Å². The molecule has 0 unspecified atom stereocenters. The molecule has 0 saturated heterocycles. The zero-order valence-electron chi connectivity index (χ0n) is 23.3. The van der Waals surface area contributed by atoms with Crippen LogP contribution in [0.5, 0.6) is 0 Å². The number of hydrogen-bond acceptors (Lipinski definition) is 4. The maximum Gasteiger partial charge on any atom is 0.338 e. The Bertz CT molecular complexity index is 1370. The number of ether oxygens (including phenoxy) is 1. The summed E-state index contributed by atoms with van der Waals surface area (Å²) in [6, 6.07) is 13.4. The predicted octanol–water partition coefficient (Wildman–Crippen LogP) is 7.27. The van der Waals surface area contributed by atoms with Gasteiger partial charge in [-0.15, -0.1) is 0 Å². The van der Waals surface area contributed by atoms with Gasteiger partial charge in [0.1, 0.15) is 11.5 Å². The van der Waals surface area contributed by atoms with E-state index in [2.05, 4.69) is 23.3 Å². The van der Waals surface area contributed by atoms with Gasteiger partial charge < -0.3 is 15.0 Å². The van der Waals surface area contributed by atoms with Gasteiger partial charge in [-0.3, -0.25) is 4.79 Å². The third kappa shape index (κ3) is 5.26. The number of carbonyl (C=O) groups excluding carboxylic acids is 2. The summed E-state index contributed by atoms with van der Waals surface area (Å²) in [6.07, 6.45) is 10.2. The lowest BCUT2D eigenvalue weighted by molar-refractivity contribution is -0.0570. The molecule has 0 spiro atoms. The highest BCUT2D eigenvalue weighted by atomic mass is 16.5. The normalized spacial score (nSPS) is 25.1. The molecule has 3 aromatic rings. The molecule has 0 atom stereocenters. The fraction of sp³-hybridized carbons (Fsp3) is 0.485. The van der Waals surface area contributed by atoms with Crippen molar-refractivity contribution in [2.24, 2.45) is 23.2 Å². The van der Waals surface area contributed by atoms with Crippen molar-refractivity contribution in [3.05, 3.63) is 70.5 Å². The molecule has 0 aliphatic heterocycles. The molecular weight excluding hydrogens is 486 g/mol. The number of nitrogens with zero attached hydrogens (tertiary/aromatic N) is 1. The number of rotatable bonds is 8. The summed E-state index contributed by atoms with van der Waals surface area (Å²) >= 11 is 0. The van der Waals surface area contributed by atoms with E-state index in [0.717, 1.165) is 58.8 Å². The first-order chi connectivity index (χ1) is 18.8. The molecule has 7 rings (SSSR count). The van der Waals surface area contributed by atoms with Crippen LogP contribution < -0.4 is 5.32 Å². The third-order valence-corrected chi connectivity index (χ3v) is 9.31. The fourth-order valence-corrected chi connectivity index (χ4v) is 8.11. The number of aromatic amines is 1. The van der Waals surface area contributed by atoms with Gasteiger partial charge in [0.25, 0.3) is 5.91 Å². The highest BCUT2D eigenvalue weighted by molar-refractivity contribution is 6.05. The number of hydrogen-bond donors (Lipinski definition) is 2. The number of aromatic nitrogens is 2. The molecule has 4 aliphatic rings. The van der Waals surface area contributed by atoms with Gasteiger partial charge in [-0.05, 0) is 125 Å². The van der Waals surface area contributed by atoms with Crippen LogP contribution in [0, 0.1) is 37.0 Å². The molecule has 4 fully saturated rings. The van der Waals surface area contributed by atoms with Crippen LogP contribution in [0.3, 0.4) is 0 Å². The summed E-state index contributed by atoms with van der Waals surface area (Å²) in [4.78, 5) is 34.4. The first kappa shape index (κ1) is 25.8. The molecule has 2 N–H and O–H groups in total. The number of nitrogens with one attached hydrogen (secondary N) is 2. The lowest BCUT2D eigenvalue weighted by Crippen LogP contribution is -2.46. The van der Waals surface area contributed by atoms with Crippen LogP contribution in [0.4, 0.5) is 5.69 Å². The number of benzene rings is 2. The van der Waals surface area contributed by atoms with Crippen molar-refractivity contribution in [2.45, 2.75) is 72.1 Å². The molecule has 4 bridgehead atoms. The van der Waals surface area contributed by atoms with Crippen LogP contribution in [0.15, 0.2) is 42.5 Å². The van der Waals surface area contributed by atoms with Crippen molar-refractivity contribution in [2.75, 3.05) is 11.9 Å². The van der Waals surface area contributed by atoms with Crippen molar-refractivity contribution in [1.29, 1.82) is 0 Å². The van der Waals surface area contributed by atoms with Gasteiger partial charge in [0.15, 0.2) is 0 Å². The smallest absolute Gasteiger partial charge is 0.338 e. The zero-order valence-corrected chi connectivity index (χ0v) is 23.3. The number of anilines is 1. The van der Waals surface area contributed by atoms with Crippen LogP contribution in [-0.2, 0) is 11.2 Å². The highest BCUT2D eigenvalue weighted by Crippen LogP contribution is 2.61. The second-order valence-corrected chi connectivity index (χ2v) is 12.4. The van der Waals surface area contributed by atoms with Crippen molar-refractivity contribution < 1.29 is 14.3 Å². The minimum absolute atomic E-state index is 0.257. The average Bonchev–Trinajstić information content (AvgIpc) is 3.31. The molecule has 39 heavy (non-hydrogen) atoms. The average molecular weight is 526 g/mol. The number of imidazole rings is 1. The van der Waals surface area contributed by atoms with Gasteiger partial charge in [-0.2, -0.15) is 0 Å². The quantitative estimate of drug-likeness (QED) is 0.303. The molecule has 6 nitrogen and oxygen atoms in total. The van der Waals surface area contributed by atoms with Gasteiger partial charge in [0, 0.05) is 16.9 Å². The van der Waals surface area contributed by atoms with Gasteiger partial charge in [-0.1, -0.05) is 24.3 Å². The first-order valence-corrected chi connectivity index (χ1v) is 14.6. The van der Waals surface area contributed by atoms with E-state index in [1.54, 1.807) is 19.1 Å². The molecule has 1 amide bonds. The lowest BCUT2D eigenvalue weighted by atomic mass is 9.48. The van der Waals surface area contributed by atoms with Gasteiger partial charge in [-0.25, -0.2) is 9.78 Å². The van der Waals surface area contributed by atoms with Crippen molar-refractivity contribution in [3.8, 4) is 11.4 Å². The molecule has 6 heteroatoms. The second-order valence-electron chi connectivity index (χ2n) is 12.4. The maximum atomic E-state index is 13.7. The Balaban J connectivity index is 1.28. The van der Waals surface area contributed by atoms with Gasteiger partial charge in [0.2, 0.25) is 0 Å². The molecular formula is C33H39N3O3. The number of carbonyl (C=O) groups is 2. The molecule has 2 aromatic carbocycles. The number of esters is 1. The van der Waals surface area contributed by atoms with E-state index in [1.165, 1.54) is 38.5 Å². The van der Waals surface area contributed by atoms with Gasteiger partial charge in [0.05, 0.1) is 12.2 Å². The summed E-state index contributed by atoms with van der Waals surface area (Å²) < 4.78 is 5.17. The second kappa shape index (κ2) is 10.3. The number of H-pyrrole nitrogens is 1. The Labute approximate surface area is 231 Å². The molecule has 4 aliphatic carbocycles. The molecule has 1 heterocycles. The summed E-state index contributed by atoms with van der Waals surface area (Å²) in [7, 11) is 0. The third-order valence-electron chi connectivity index (χ3n) is 9.31. The Hall–Kier alpha value is -3.41. The van der Waals surface area contributed by atoms with E-state index in [4.69, 9.17) is 9.72 Å². The SMILES string of the molecule is CCOC(=O)c1cc(C)cc(NC(=O)c2nc(-c3ccccc3C)[nH]c2CCC23CC4CC(CC(C4)C2)C3)c1. The maximum absolute atomic E-state index is 13.7. The number of aryl methyl sites for hydroxylation is 3. The largest absolute Gasteiger partial charge is 0.462 e. The van der Waals surface area contributed by atoms with E-state index >= 15 is 0 Å². The molecule has 4 saturated carbocycles. The Morgan fingerprint density at radius 3 is 2.38 bits per heavy atom. The van der Waals surface area contributed by atoms with Crippen molar-refractivity contribution in [1.82, 2.24) is 9.97 Å². The van der Waals surface area contributed by atoms with Crippen LogP contribution >= 0.6 is 0 Å². The minimum atomic E-state index is -0.394.